The Hall–Kier alpha value is -1.88. The van der Waals surface area contributed by atoms with Crippen LogP contribution in [0.25, 0.3) is 0 Å². The number of hydrogen-bond donors (Lipinski definition) is 2. The molecule has 2 N–H and O–H groups in total. The van der Waals surface area contributed by atoms with Crippen LogP contribution in [-0.4, -0.2) is 36.5 Å². The summed E-state index contributed by atoms with van der Waals surface area (Å²) in [5, 5.41) is 7.14. The van der Waals surface area contributed by atoms with Gasteiger partial charge >= 0.3 is 0 Å². The molecule has 5 heteroatoms. The molecule has 0 aliphatic carbocycles. The predicted molar refractivity (Wildman–Crippen MR) is 106 cm³/mol. The zero-order chi connectivity index (χ0) is 18.4. The molecule has 0 aromatic heterocycles. The molecule has 0 unspecified atom stereocenters. The third-order valence-corrected chi connectivity index (χ3v) is 5.08. The fourth-order valence-electron chi connectivity index (χ4n) is 3.33. The number of halogens is 1. The fourth-order valence-corrected chi connectivity index (χ4v) is 3.46. The first-order valence-electron chi connectivity index (χ1n) is 9.14. The summed E-state index contributed by atoms with van der Waals surface area (Å²) < 4.78 is 0. The average Bonchev–Trinajstić information content (AvgIpc) is 3.08. The molecular formula is C21H26ClN3O. The normalized spacial score (nSPS) is 18.6. The molecule has 1 amide bonds. The highest BCUT2D eigenvalue weighted by Crippen LogP contribution is 2.16. The Morgan fingerprint density at radius 1 is 1.19 bits per heavy atom. The summed E-state index contributed by atoms with van der Waals surface area (Å²) in [6.45, 7) is 5.24. The Bertz CT molecular complexity index is 705. The minimum absolute atomic E-state index is 0.0531. The highest BCUT2D eigenvalue weighted by Gasteiger charge is 2.23. The molecule has 4 nitrogen and oxygen atoms in total. The molecule has 1 saturated heterocycles. The van der Waals surface area contributed by atoms with Crippen LogP contribution in [0.1, 0.15) is 30.5 Å². The Morgan fingerprint density at radius 2 is 1.92 bits per heavy atom. The van der Waals surface area contributed by atoms with E-state index >= 15 is 0 Å². The molecule has 0 bridgehead atoms. The van der Waals surface area contributed by atoms with Gasteiger partial charge in [-0.2, -0.15) is 0 Å². The lowest BCUT2D eigenvalue weighted by Gasteiger charge is -2.18. The first kappa shape index (κ1) is 18.9. The van der Waals surface area contributed by atoms with Crippen molar-refractivity contribution in [3.05, 3.63) is 70.7 Å². The number of hydrogen-bond acceptors (Lipinski definition) is 3. The van der Waals surface area contributed by atoms with Crippen LogP contribution in [0.15, 0.2) is 54.6 Å². The van der Waals surface area contributed by atoms with E-state index in [0.717, 1.165) is 36.6 Å². The smallest absolute Gasteiger partial charge is 0.234 e. The monoisotopic (exact) mass is 371 g/mol. The molecule has 1 heterocycles. The molecule has 1 aliphatic rings. The third kappa shape index (κ3) is 5.56. The quantitative estimate of drug-likeness (QED) is 0.784. The fraction of sp³-hybridized carbons (Fsp3) is 0.381. The zero-order valence-corrected chi connectivity index (χ0v) is 15.9. The van der Waals surface area contributed by atoms with Gasteiger partial charge in [-0.1, -0.05) is 54.1 Å². The number of nitrogens with one attached hydrogen (secondary N) is 2. The van der Waals surface area contributed by atoms with Crippen molar-refractivity contribution in [3.63, 3.8) is 0 Å². The number of carbonyl (C=O) groups excluding carboxylic acids is 1. The summed E-state index contributed by atoms with van der Waals surface area (Å²) in [5.74, 6) is 0.0531. The summed E-state index contributed by atoms with van der Waals surface area (Å²) in [7, 11) is 0. The average molecular weight is 372 g/mol. The molecule has 3 rings (SSSR count). The highest BCUT2D eigenvalue weighted by atomic mass is 35.5. The van der Waals surface area contributed by atoms with Gasteiger partial charge in [-0.05, 0) is 36.6 Å². The van der Waals surface area contributed by atoms with Crippen LogP contribution in [0.4, 0.5) is 0 Å². The number of amides is 1. The van der Waals surface area contributed by atoms with Gasteiger partial charge in [-0.25, -0.2) is 0 Å². The molecular weight excluding hydrogens is 346 g/mol. The van der Waals surface area contributed by atoms with Gasteiger partial charge in [0.05, 0.1) is 6.54 Å². The predicted octanol–water partition coefficient (Wildman–Crippen LogP) is 3.38. The van der Waals surface area contributed by atoms with Gasteiger partial charge in [0.25, 0.3) is 0 Å². The van der Waals surface area contributed by atoms with Crippen molar-refractivity contribution < 1.29 is 4.79 Å². The zero-order valence-electron chi connectivity index (χ0n) is 15.1. The molecule has 2 aromatic rings. The largest absolute Gasteiger partial charge is 0.351 e. The Kier molecular flexibility index (Phi) is 6.67. The summed E-state index contributed by atoms with van der Waals surface area (Å²) in [5.41, 5.74) is 2.44. The summed E-state index contributed by atoms with van der Waals surface area (Å²) >= 11 is 5.91. The molecule has 0 radical (unpaired) electrons. The lowest BCUT2D eigenvalue weighted by molar-refractivity contribution is -0.121. The van der Waals surface area contributed by atoms with Crippen LogP contribution < -0.4 is 10.6 Å². The minimum Gasteiger partial charge on any atom is -0.351 e. The molecule has 0 spiro atoms. The second kappa shape index (κ2) is 9.17. The number of rotatable bonds is 7. The molecule has 2 atom stereocenters. The van der Waals surface area contributed by atoms with Crippen LogP contribution >= 0.6 is 11.6 Å². The van der Waals surface area contributed by atoms with Gasteiger partial charge in [0.2, 0.25) is 5.91 Å². The summed E-state index contributed by atoms with van der Waals surface area (Å²) in [6, 6.07) is 18.5. The van der Waals surface area contributed by atoms with Crippen LogP contribution in [0.3, 0.4) is 0 Å². The van der Waals surface area contributed by atoms with Crippen LogP contribution in [-0.2, 0) is 11.3 Å². The van der Waals surface area contributed by atoms with Crippen molar-refractivity contribution in [1.82, 2.24) is 15.5 Å². The van der Waals surface area contributed by atoms with E-state index in [2.05, 4.69) is 39.8 Å². The van der Waals surface area contributed by atoms with E-state index in [1.54, 1.807) is 0 Å². The molecule has 1 fully saturated rings. The van der Waals surface area contributed by atoms with Crippen molar-refractivity contribution in [1.29, 1.82) is 0 Å². The number of carbonyl (C=O) groups is 1. The van der Waals surface area contributed by atoms with Crippen molar-refractivity contribution in [2.24, 2.45) is 0 Å². The van der Waals surface area contributed by atoms with E-state index in [9.17, 15) is 4.79 Å². The first-order chi connectivity index (χ1) is 12.6. The topological polar surface area (TPSA) is 44.4 Å². The summed E-state index contributed by atoms with van der Waals surface area (Å²) in [6.07, 6.45) is 1.01. The molecule has 138 valence electrons. The van der Waals surface area contributed by atoms with E-state index in [1.807, 2.05) is 37.3 Å². The minimum atomic E-state index is 0.0531. The highest BCUT2D eigenvalue weighted by molar-refractivity contribution is 6.30. The number of nitrogens with zero attached hydrogens (tertiary/aromatic N) is 1. The van der Waals surface area contributed by atoms with Crippen molar-refractivity contribution >= 4 is 17.5 Å². The van der Waals surface area contributed by atoms with Gasteiger partial charge in [0.15, 0.2) is 0 Å². The maximum absolute atomic E-state index is 12.2. The van der Waals surface area contributed by atoms with Crippen LogP contribution in [0, 0.1) is 0 Å². The molecule has 2 aromatic carbocycles. The standard InChI is InChI=1S/C21H26ClN3O/c1-16(18-7-9-19(22)10-8-18)23-13-21(26)24-20-11-12-25(15-20)14-17-5-3-2-4-6-17/h2-10,16,20,23H,11-15H2,1H3,(H,24,26)/t16-,20+/m1/s1. The van der Waals surface area contributed by atoms with Crippen LogP contribution in [0.2, 0.25) is 5.02 Å². The molecule has 0 saturated carbocycles. The van der Waals surface area contributed by atoms with E-state index in [4.69, 9.17) is 11.6 Å². The van der Waals surface area contributed by atoms with E-state index in [1.165, 1.54) is 5.56 Å². The lowest BCUT2D eigenvalue weighted by atomic mass is 10.1. The van der Waals surface area contributed by atoms with E-state index in [-0.39, 0.29) is 18.0 Å². The third-order valence-electron chi connectivity index (χ3n) is 4.83. The SMILES string of the molecule is C[C@@H](NCC(=O)N[C@H]1CCN(Cc2ccccc2)C1)c1ccc(Cl)cc1. The number of benzene rings is 2. The van der Waals surface area contributed by atoms with E-state index in [0.29, 0.717) is 6.54 Å². The Labute approximate surface area is 160 Å². The van der Waals surface area contributed by atoms with Gasteiger partial charge in [-0.15, -0.1) is 0 Å². The Morgan fingerprint density at radius 3 is 2.65 bits per heavy atom. The van der Waals surface area contributed by atoms with Crippen LogP contribution in [0.5, 0.6) is 0 Å². The van der Waals surface area contributed by atoms with E-state index < -0.39 is 0 Å². The van der Waals surface area contributed by atoms with Crippen molar-refractivity contribution in [3.8, 4) is 0 Å². The van der Waals surface area contributed by atoms with Gasteiger partial charge in [-0.3, -0.25) is 9.69 Å². The molecule has 26 heavy (non-hydrogen) atoms. The maximum atomic E-state index is 12.2. The maximum Gasteiger partial charge on any atom is 0.234 e. The van der Waals surface area contributed by atoms with Gasteiger partial charge in [0.1, 0.15) is 0 Å². The Balaban J connectivity index is 1.39. The van der Waals surface area contributed by atoms with Gasteiger partial charge in [0, 0.05) is 36.7 Å². The molecule has 1 aliphatic heterocycles. The lowest BCUT2D eigenvalue weighted by Crippen LogP contribution is -2.42. The second-order valence-corrected chi connectivity index (χ2v) is 7.36. The van der Waals surface area contributed by atoms with Crippen molar-refractivity contribution in [2.45, 2.75) is 32.0 Å². The first-order valence-corrected chi connectivity index (χ1v) is 9.52. The summed E-state index contributed by atoms with van der Waals surface area (Å²) in [4.78, 5) is 14.6. The van der Waals surface area contributed by atoms with Crippen molar-refractivity contribution in [2.75, 3.05) is 19.6 Å². The van der Waals surface area contributed by atoms with Gasteiger partial charge < -0.3 is 10.6 Å². The number of likely N-dealkylation sites (tertiary alicyclic amines) is 1. The second-order valence-electron chi connectivity index (χ2n) is 6.93.